The van der Waals surface area contributed by atoms with Crippen LogP contribution in [0.2, 0.25) is 0 Å². The maximum absolute atomic E-state index is 13.5. The number of para-hydroxylation sites is 2. The molecule has 0 saturated carbocycles. The third-order valence-corrected chi connectivity index (χ3v) is 6.26. The van der Waals surface area contributed by atoms with Crippen LogP contribution in [-0.2, 0) is 14.3 Å². The molecule has 2 unspecified atom stereocenters. The Bertz CT molecular complexity index is 1210. The summed E-state index contributed by atoms with van der Waals surface area (Å²) in [6.07, 6.45) is 0.480. The van der Waals surface area contributed by atoms with Crippen LogP contribution in [0.25, 0.3) is 0 Å². The van der Waals surface area contributed by atoms with Crippen LogP contribution in [0.1, 0.15) is 48.1 Å². The summed E-state index contributed by atoms with van der Waals surface area (Å²) in [6.45, 7) is 1.94. The highest BCUT2D eigenvalue weighted by atomic mass is 19.1. The van der Waals surface area contributed by atoms with E-state index in [0.29, 0.717) is 23.4 Å². The maximum atomic E-state index is 13.5. The fourth-order valence-electron chi connectivity index (χ4n) is 4.59. The van der Waals surface area contributed by atoms with Crippen LogP contribution in [0, 0.1) is 5.82 Å². The Morgan fingerprint density at radius 3 is 2.29 bits per heavy atom. The van der Waals surface area contributed by atoms with Crippen molar-refractivity contribution in [1.29, 1.82) is 0 Å². The van der Waals surface area contributed by atoms with Gasteiger partial charge in [0.1, 0.15) is 5.82 Å². The maximum Gasteiger partial charge on any atom is 0.306 e. The van der Waals surface area contributed by atoms with Crippen LogP contribution in [0.15, 0.2) is 78.9 Å². The average Bonchev–Trinajstić information content (AvgIpc) is 2.88. The molecule has 6 nitrogen and oxygen atoms in total. The van der Waals surface area contributed by atoms with Crippen LogP contribution in [-0.4, -0.2) is 30.9 Å². The van der Waals surface area contributed by atoms with E-state index < -0.39 is 11.8 Å². The van der Waals surface area contributed by atoms with E-state index in [9.17, 15) is 18.8 Å². The number of rotatable bonds is 6. The van der Waals surface area contributed by atoms with Crippen molar-refractivity contribution >= 4 is 29.2 Å². The van der Waals surface area contributed by atoms with Gasteiger partial charge in [-0.05, 0) is 61.4 Å². The number of anilines is 2. The molecule has 0 saturated heterocycles. The molecule has 35 heavy (non-hydrogen) atoms. The van der Waals surface area contributed by atoms with Gasteiger partial charge in [0.25, 0.3) is 5.91 Å². The zero-order valence-electron chi connectivity index (χ0n) is 19.7. The Balaban J connectivity index is 1.73. The van der Waals surface area contributed by atoms with Gasteiger partial charge in [0.2, 0.25) is 5.91 Å². The van der Waals surface area contributed by atoms with Gasteiger partial charge in [0, 0.05) is 29.4 Å². The van der Waals surface area contributed by atoms with Crippen molar-refractivity contribution in [2.24, 2.45) is 0 Å². The molecule has 4 rings (SSSR count). The molecular weight excluding hydrogens is 447 g/mol. The highest BCUT2D eigenvalue weighted by Crippen LogP contribution is 2.43. The standard InChI is InChI=1S/C28H27FN2O4/c1-19-18-25(31(22-8-4-3-5-9-22)26(32)16-17-27(33)35-2)23-10-6-7-11-24(23)30(19)28(34)20-12-14-21(29)15-13-20/h3-15,19,25H,16-18H2,1-2H3. The smallest absolute Gasteiger partial charge is 0.306 e. The predicted molar refractivity (Wildman–Crippen MR) is 132 cm³/mol. The number of fused-ring (bicyclic) bond motifs is 1. The molecule has 0 aliphatic carbocycles. The lowest BCUT2D eigenvalue weighted by molar-refractivity contribution is -0.141. The first kappa shape index (κ1) is 24.1. The van der Waals surface area contributed by atoms with E-state index in [4.69, 9.17) is 4.74 Å². The summed E-state index contributed by atoms with van der Waals surface area (Å²) in [5.41, 5.74) is 2.64. The second kappa shape index (κ2) is 10.5. The molecule has 0 spiro atoms. The van der Waals surface area contributed by atoms with Gasteiger partial charge in [-0.1, -0.05) is 36.4 Å². The van der Waals surface area contributed by atoms with E-state index in [2.05, 4.69) is 0 Å². The molecular formula is C28H27FN2O4. The van der Waals surface area contributed by atoms with Crippen molar-refractivity contribution < 1.29 is 23.5 Å². The number of ether oxygens (including phenoxy) is 1. The Labute approximate surface area is 203 Å². The van der Waals surface area contributed by atoms with Crippen molar-refractivity contribution in [3.05, 3.63) is 95.8 Å². The number of esters is 1. The van der Waals surface area contributed by atoms with Crippen molar-refractivity contribution in [3.8, 4) is 0 Å². The van der Waals surface area contributed by atoms with Crippen molar-refractivity contribution in [2.75, 3.05) is 16.9 Å². The lowest BCUT2D eigenvalue weighted by Crippen LogP contribution is -2.47. The number of hydrogen-bond acceptors (Lipinski definition) is 4. The van der Waals surface area contributed by atoms with Gasteiger partial charge in [-0.2, -0.15) is 0 Å². The van der Waals surface area contributed by atoms with E-state index in [1.807, 2.05) is 61.5 Å². The number of carbonyl (C=O) groups is 3. The topological polar surface area (TPSA) is 66.9 Å². The molecule has 0 fully saturated rings. The van der Waals surface area contributed by atoms with Gasteiger partial charge in [-0.15, -0.1) is 0 Å². The second-order valence-corrected chi connectivity index (χ2v) is 8.52. The molecule has 0 N–H and O–H groups in total. The van der Waals surface area contributed by atoms with Gasteiger partial charge in [0.15, 0.2) is 0 Å². The number of methoxy groups -OCH3 is 1. The summed E-state index contributed by atoms with van der Waals surface area (Å²) in [4.78, 5) is 42.0. The first-order valence-corrected chi connectivity index (χ1v) is 11.5. The number of benzene rings is 3. The number of carbonyl (C=O) groups excluding carboxylic acids is 3. The van der Waals surface area contributed by atoms with Gasteiger partial charge in [0.05, 0.1) is 19.6 Å². The van der Waals surface area contributed by atoms with Crippen LogP contribution in [0.4, 0.5) is 15.8 Å². The summed E-state index contributed by atoms with van der Waals surface area (Å²) < 4.78 is 18.1. The summed E-state index contributed by atoms with van der Waals surface area (Å²) >= 11 is 0. The molecule has 1 aliphatic heterocycles. The highest BCUT2D eigenvalue weighted by molar-refractivity contribution is 6.07. The summed E-state index contributed by atoms with van der Waals surface area (Å²) in [5, 5.41) is 0. The normalized spacial score (nSPS) is 16.8. The van der Waals surface area contributed by atoms with Gasteiger partial charge >= 0.3 is 5.97 Å². The van der Waals surface area contributed by atoms with Gasteiger partial charge in [-0.25, -0.2) is 4.39 Å². The lowest BCUT2D eigenvalue weighted by atomic mass is 9.89. The van der Waals surface area contributed by atoms with Crippen LogP contribution in [0.3, 0.4) is 0 Å². The van der Waals surface area contributed by atoms with Crippen LogP contribution >= 0.6 is 0 Å². The molecule has 1 aliphatic rings. The summed E-state index contributed by atoms with van der Waals surface area (Å²) in [7, 11) is 1.30. The monoisotopic (exact) mass is 474 g/mol. The van der Waals surface area contributed by atoms with Crippen molar-refractivity contribution in [1.82, 2.24) is 0 Å². The largest absolute Gasteiger partial charge is 0.469 e. The molecule has 2 atom stereocenters. The number of nitrogens with zero attached hydrogens (tertiary/aromatic N) is 2. The number of amides is 2. The van der Waals surface area contributed by atoms with E-state index in [1.54, 1.807) is 9.80 Å². The molecule has 0 bridgehead atoms. The average molecular weight is 475 g/mol. The minimum atomic E-state index is -0.445. The fraction of sp³-hybridized carbons (Fsp3) is 0.250. The van der Waals surface area contributed by atoms with Gasteiger partial charge in [-0.3, -0.25) is 14.4 Å². The molecule has 0 radical (unpaired) electrons. The first-order chi connectivity index (χ1) is 16.9. The first-order valence-electron chi connectivity index (χ1n) is 11.5. The Morgan fingerprint density at radius 2 is 1.60 bits per heavy atom. The minimum absolute atomic E-state index is 0.00679. The molecule has 7 heteroatoms. The highest BCUT2D eigenvalue weighted by Gasteiger charge is 2.38. The fourth-order valence-corrected chi connectivity index (χ4v) is 4.59. The SMILES string of the molecule is COC(=O)CCC(=O)N(c1ccccc1)C1CC(C)N(C(=O)c2ccc(F)cc2)c2ccccc21. The molecule has 2 amide bonds. The van der Waals surface area contributed by atoms with Gasteiger partial charge < -0.3 is 14.5 Å². The molecule has 3 aromatic rings. The Hall–Kier alpha value is -4.00. The quantitative estimate of drug-likeness (QED) is 0.455. The zero-order valence-corrected chi connectivity index (χ0v) is 19.7. The second-order valence-electron chi connectivity index (χ2n) is 8.52. The summed E-state index contributed by atoms with van der Waals surface area (Å²) in [5.74, 6) is -1.28. The molecule has 180 valence electrons. The molecule has 0 aromatic heterocycles. The van der Waals surface area contributed by atoms with Crippen LogP contribution in [0.5, 0.6) is 0 Å². The Kier molecular flexibility index (Phi) is 7.25. The molecule has 3 aromatic carbocycles. The van der Waals surface area contributed by atoms with Crippen molar-refractivity contribution in [2.45, 2.75) is 38.3 Å². The summed E-state index contributed by atoms with van der Waals surface area (Å²) in [6, 6.07) is 21.7. The third kappa shape index (κ3) is 5.09. The Morgan fingerprint density at radius 1 is 0.943 bits per heavy atom. The van der Waals surface area contributed by atoms with E-state index in [1.165, 1.54) is 31.4 Å². The van der Waals surface area contributed by atoms with E-state index in [-0.39, 0.29) is 36.7 Å². The molecule has 1 heterocycles. The van der Waals surface area contributed by atoms with Crippen molar-refractivity contribution in [3.63, 3.8) is 0 Å². The minimum Gasteiger partial charge on any atom is -0.469 e. The van der Waals surface area contributed by atoms with E-state index >= 15 is 0 Å². The van der Waals surface area contributed by atoms with E-state index in [0.717, 1.165) is 5.56 Å². The third-order valence-electron chi connectivity index (χ3n) is 6.26. The number of hydrogen-bond donors (Lipinski definition) is 0. The predicted octanol–water partition coefficient (Wildman–Crippen LogP) is 5.29. The van der Waals surface area contributed by atoms with Crippen LogP contribution < -0.4 is 9.80 Å². The zero-order chi connectivity index (χ0) is 24.9. The lowest BCUT2D eigenvalue weighted by Gasteiger charge is -2.43. The number of halogens is 1.